The van der Waals surface area contributed by atoms with Crippen molar-refractivity contribution in [2.24, 2.45) is 10.5 Å². The Morgan fingerprint density at radius 2 is 2.00 bits per heavy atom. The lowest BCUT2D eigenvalue weighted by Crippen LogP contribution is -2.29. The third-order valence-electron chi connectivity index (χ3n) is 4.82. The van der Waals surface area contributed by atoms with Gasteiger partial charge in [-0.3, -0.25) is 4.79 Å². The molecule has 1 N–H and O–H groups in total. The maximum atomic E-state index is 12.3. The number of nitrogens with one attached hydrogen (secondary N) is 1. The van der Waals surface area contributed by atoms with E-state index in [2.05, 4.69) is 48.5 Å². The van der Waals surface area contributed by atoms with Crippen LogP contribution in [0, 0.1) is 16.7 Å². The number of hydrogen-bond donors (Lipinski definition) is 1. The van der Waals surface area contributed by atoms with Crippen LogP contribution in [-0.2, 0) is 11.4 Å². The van der Waals surface area contributed by atoms with E-state index in [0.717, 1.165) is 11.1 Å². The molecule has 0 bridgehead atoms. The van der Waals surface area contributed by atoms with E-state index in [1.165, 1.54) is 0 Å². The lowest BCUT2D eigenvalue weighted by molar-refractivity contribution is -0.125. The van der Waals surface area contributed by atoms with Crippen LogP contribution in [0.15, 0.2) is 47.6 Å². The monoisotopic (exact) mass is 519 g/mol. The SMILES string of the molecule is COc1ccc(C=NNC(=O)C2(C)CC2(Br)Br)cc1COc1ccc(C#N)cc1. The summed E-state index contributed by atoms with van der Waals surface area (Å²) in [5, 5.41) is 12.9. The Morgan fingerprint density at radius 1 is 1.31 bits per heavy atom. The molecule has 1 saturated carbocycles. The van der Waals surface area contributed by atoms with E-state index in [-0.39, 0.29) is 15.7 Å². The molecule has 3 rings (SSSR count). The predicted molar refractivity (Wildman–Crippen MR) is 118 cm³/mol. The number of methoxy groups -OCH3 is 1. The summed E-state index contributed by atoms with van der Waals surface area (Å²) in [5.74, 6) is 1.19. The lowest BCUT2D eigenvalue weighted by Gasteiger charge is -2.11. The highest BCUT2D eigenvalue weighted by atomic mass is 79.9. The van der Waals surface area contributed by atoms with Gasteiger partial charge in [0.1, 0.15) is 18.1 Å². The largest absolute Gasteiger partial charge is 0.496 e. The molecule has 1 unspecified atom stereocenters. The maximum Gasteiger partial charge on any atom is 0.248 e. The Balaban J connectivity index is 1.65. The molecular weight excluding hydrogens is 502 g/mol. The highest BCUT2D eigenvalue weighted by molar-refractivity contribution is 9.25. The molecule has 29 heavy (non-hydrogen) atoms. The van der Waals surface area contributed by atoms with Crippen molar-refractivity contribution in [3.8, 4) is 17.6 Å². The van der Waals surface area contributed by atoms with Crippen LogP contribution in [0.3, 0.4) is 0 Å². The van der Waals surface area contributed by atoms with Crippen molar-refractivity contribution in [3.05, 3.63) is 59.2 Å². The van der Waals surface area contributed by atoms with Crippen LogP contribution in [0.2, 0.25) is 0 Å². The van der Waals surface area contributed by atoms with Crippen molar-refractivity contribution < 1.29 is 14.3 Å². The molecule has 0 saturated heterocycles. The highest BCUT2D eigenvalue weighted by Crippen LogP contribution is 2.66. The second-order valence-corrected chi connectivity index (χ2v) is 10.7. The number of halogens is 2. The van der Waals surface area contributed by atoms with Gasteiger partial charge < -0.3 is 9.47 Å². The van der Waals surface area contributed by atoms with Gasteiger partial charge >= 0.3 is 0 Å². The first kappa shape index (κ1) is 21.3. The van der Waals surface area contributed by atoms with Crippen LogP contribution >= 0.6 is 31.9 Å². The van der Waals surface area contributed by atoms with Gasteiger partial charge in [-0.05, 0) is 61.4 Å². The standard InChI is InChI=1S/C21H19Br2N3O3/c1-20(13-21(20,22)23)19(27)26-25-11-15-5-8-18(28-2)16(9-15)12-29-17-6-3-14(10-24)4-7-17/h3-9,11H,12-13H2,1-2H3,(H,26,27). The summed E-state index contributed by atoms with van der Waals surface area (Å²) in [6.07, 6.45) is 2.28. The molecule has 2 aromatic rings. The molecule has 0 radical (unpaired) electrons. The van der Waals surface area contributed by atoms with E-state index < -0.39 is 5.41 Å². The molecule has 0 aliphatic heterocycles. The van der Waals surface area contributed by atoms with Crippen LogP contribution in [0.1, 0.15) is 30.0 Å². The van der Waals surface area contributed by atoms with Crippen molar-refractivity contribution in [2.75, 3.05) is 7.11 Å². The number of amides is 1. The van der Waals surface area contributed by atoms with Gasteiger partial charge in [0, 0.05) is 5.56 Å². The van der Waals surface area contributed by atoms with Gasteiger partial charge in [0.2, 0.25) is 5.91 Å². The smallest absolute Gasteiger partial charge is 0.248 e. The summed E-state index contributed by atoms with van der Waals surface area (Å²) in [6.45, 7) is 2.16. The van der Waals surface area contributed by atoms with Crippen LogP contribution in [0.25, 0.3) is 0 Å². The first-order valence-corrected chi connectivity index (χ1v) is 10.4. The van der Waals surface area contributed by atoms with E-state index in [9.17, 15) is 4.79 Å². The average molecular weight is 521 g/mol. The maximum absolute atomic E-state index is 12.3. The number of ether oxygens (including phenoxy) is 2. The van der Waals surface area contributed by atoms with Crippen LogP contribution in [-0.4, -0.2) is 22.5 Å². The summed E-state index contributed by atoms with van der Waals surface area (Å²) in [5.41, 5.74) is 4.28. The number of carbonyl (C=O) groups is 1. The fraction of sp³-hybridized carbons (Fsp3) is 0.286. The topological polar surface area (TPSA) is 83.7 Å². The molecule has 0 spiro atoms. The van der Waals surface area contributed by atoms with E-state index in [0.29, 0.717) is 23.5 Å². The third-order valence-corrected chi connectivity index (χ3v) is 7.13. The molecule has 1 fully saturated rings. The fourth-order valence-electron chi connectivity index (χ4n) is 2.71. The van der Waals surface area contributed by atoms with Crippen molar-refractivity contribution in [2.45, 2.75) is 23.2 Å². The molecule has 0 heterocycles. The highest BCUT2D eigenvalue weighted by Gasteiger charge is 2.66. The zero-order chi connectivity index (χ0) is 21.1. The van der Waals surface area contributed by atoms with Gasteiger partial charge in [-0.25, -0.2) is 5.43 Å². The second kappa shape index (κ2) is 8.56. The van der Waals surface area contributed by atoms with Crippen molar-refractivity contribution in [1.82, 2.24) is 5.43 Å². The molecule has 1 atom stereocenters. The van der Waals surface area contributed by atoms with Crippen LogP contribution < -0.4 is 14.9 Å². The number of benzene rings is 2. The van der Waals surface area contributed by atoms with Crippen molar-refractivity contribution in [3.63, 3.8) is 0 Å². The molecule has 6 nitrogen and oxygen atoms in total. The number of alkyl halides is 2. The van der Waals surface area contributed by atoms with E-state index in [1.807, 2.05) is 25.1 Å². The zero-order valence-electron chi connectivity index (χ0n) is 15.9. The Kier molecular flexibility index (Phi) is 6.30. The average Bonchev–Trinajstić information content (AvgIpc) is 3.25. The van der Waals surface area contributed by atoms with Gasteiger partial charge in [-0.1, -0.05) is 31.9 Å². The first-order valence-electron chi connectivity index (χ1n) is 8.80. The zero-order valence-corrected chi connectivity index (χ0v) is 19.1. The summed E-state index contributed by atoms with van der Waals surface area (Å²) in [7, 11) is 1.59. The quantitative estimate of drug-likeness (QED) is 0.331. The Hall–Kier alpha value is -2.37. The minimum absolute atomic E-state index is 0.152. The van der Waals surface area contributed by atoms with Gasteiger partial charge in [-0.2, -0.15) is 10.4 Å². The fourth-order valence-corrected chi connectivity index (χ4v) is 4.20. The van der Waals surface area contributed by atoms with Gasteiger partial charge in [-0.15, -0.1) is 0 Å². The molecule has 1 amide bonds. The van der Waals surface area contributed by atoms with Crippen molar-refractivity contribution in [1.29, 1.82) is 5.26 Å². The summed E-state index contributed by atoms with van der Waals surface area (Å²) in [4.78, 5) is 12.3. The normalized spacial score (nSPS) is 19.4. The first-order chi connectivity index (χ1) is 13.8. The van der Waals surface area contributed by atoms with Crippen LogP contribution in [0.5, 0.6) is 11.5 Å². The minimum atomic E-state index is -0.523. The second-order valence-electron chi connectivity index (χ2n) is 6.91. The lowest BCUT2D eigenvalue weighted by atomic mass is 10.1. The van der Waals surface area contributed by atoms with Gasteiger partial charge in [0.25, 0.3) is 0 Å². The number of nitriles is 1. The number of carbonyl (C=O) groups excluding carboxylic acids is 1. The number of rotatable bonds is 7. The summed E-state index contributed by atoms with van der Waals surface area (Å²) in [6, 6.07) is 14.5. The number of nitrogens with zero attached hydrogens (tertiary/aromatic N) is 2. The van der Waals surface area contributed by atoms with Crippen LogP contribution in [0.4, 0.5) is 0 Å². The van der Waals surface area contributed by atoms with E-state index in [1.54, 1.807) is 37.6 Å². The van der Waals surface area contributed by atoms with E-state index in [4.69, 9.17) is 14.7 Å². The molecule has 8 heteroatoms. The van der Waals surface area contributed by atoms with Gasteiger partial charge in [0.05, 0.1) is 33.6 Å². The van der Waals surface area contributed by atoms with Crippen molar-refractivity contribution >= 4 is 44.0 Å². The third kappa shape index (κ3) is 4.80. The van der Waals surface area contributed by atoms with Gasteiger partial charge in [0.15, 0.2) is 0 Å². The number of hydrogen-bond acceptors (Lipinski definition) is 5. The molecule has 2 aromatic carbocycles. The molecule has 150 valence electrons. The molecule has 0 aromatic heterocycles. The Morgan fingerprint density at radius 3 is 2.59 bits per heavy atom. The number of hydrazone groups is 1. The van der Waals surface area contributed by atoms with E-state index >= 15 is 0 Å². The summed E-state index contributed by atoms with van der Waals surface area (Å²) < 4.78 is 10.8. The minimum Gasteiger partial charge on any atom is -0.496 e. The Labute approximate surface area is 186 Å². The molecule has 1 aliphatic carbocycles. The molecule has 1 aliphatic rings. The predicted octanol–water partition coefficient (Wildman–Crippen LogP) is 4.49. The Bertz CT molecular complexity index is 984. The summed E-state index contributed by atoms with van der Waals surface area (Å²) >= 11 is 6.95. The molecular formula is C21H19Br2N3O3.